The molecule has 1 aromatic heterocycles. The molecule has 0 unspecified atom stereocenters. The molecule has 2 aliphatic heterocycles. The first-order valence-electron chi connectivity index (χ1n) is 7.36. The molecule has 0 saturated carbocycles. The van der Waals surface area contributed by atoms with Crippen LogP contribution < -0.4 is 4.90 Å². The fourth-order valence-corrected chi connectivity index (χ4v) is 3.84. The van der Waals surface area contributed by atoms with Gasteiger partial charge in [0.1, 0.15) is 16.6 Å². The van der Waals surface area contributed by atoms with Gasteiger partial charge in [0, 0.05) is 25.2 Å². The van der Waals surface area contributed by atoms with Gasteiger partial charge in [-0.2, -0.15) is 0 Å². The summed E-state index contributed by atoms with van der Waals surface area (Å²) in [7, 11) is 0. The molecule has 23 heavy (non-hydrogen) atoms. The topological polar surface area (TPSA) is 74.0 Å². The number of carboxylic acids is 1. The number of furan rings is 1. The van der Waals surface area contributed by atoms with Crippen molar-refractivity contribution in [2.24, 2.45) is 0 Å². The third-order valence-corrected chi connectivity index (χ3v) is 5.10. The Morgan fingerprint density at radius 1 is 1.35 bits per heavy atom. The van der Waals surface area contributed by atoms with Crippen molar-refractivity contribution in [3.8, 4) is 0 Å². The monoisotopic (exact) mass is 352 g/mol. The molecule has 0 atom stereocenters. The zero-order valence-corrected chi connectivity index (χ0v) is 14.0. The zero-order chi connectivity index (χ0) is 16.4. The summed E-state index contributed by atoms with van der Waals surface area (Å²) in [6.07, 6.45) is 5.18. The summed E-state index contributed by atoms with van der Waals surface area (Å²) in [4.78, 5) is 26.6. The van der Waals surface area contributed by atoms with E-state index >= 15 is 0 Å². The number of aliphatic carboxylic acids is 1. The predicted molar refractivity (Wildman–Crippen MR) is 92.3 cm³/mol. The van der Waals surface area contributed by atoms with E-state index in [2.05, 4.69) is 4.90 Å². The van der Waals surface area contributed by atoms with Gasteiger partial charge in [-0.1, -0.05) is 24.0 Å². The van der Waals surface area contributed by atoms with Crippen LogP contribution in [0, 0.1) is 0 Å². The maximum Gasteiger partial charge on any atom is 0.323 e. The first-order chi connectivity index (χ1) is 11.0. The smallest absolute Gasteiger partial charge is 0.323 e. The van der Waals surface area contributed by atoms with Crippen LogP contribution in [0.15, 0.2) is 21.5 Å². The van der Waals surface area contributed by atoms with Crippen molar-refractivity contribution in [2.75, 3.05) is 24.5 Å². The standard InChI is InChI=1S/C15H16N2O4S2/c18-13(19)9-17-14(20)11(23-15(17)22)8-10-4-5-12(21-10)16-6-2-1-3-7-16/h4-5,8H,1-3,6-7,9H2,(H,18,19)/b11-8+. The van der Waals surface area contributed by atoms with Crippen LogP contribution in [0.2, 0.25) is 0 Å². The number of carbonyl (C=O) groups is 2. The molecule has 0 spiro atoms. The summed E-state index contributed by atoms with van der Waals surface area (Å²) >= 11 is 6.16. The number of thiocarbonyl (C=S) groups is 1. The lowest BCUT2D eigenvalue weighted by Crippen LogP contribution is -2.33. The molecule has 1 N–H and O–H groups in total. The van der Waals surface area contributed by atoms with Gasteiger partial charge in [-0.25, -0.2) is 0 Å². The minimum Gasteiger partial charge on any atom is -0.480 e. The Morgan fingerprint density at radius 3 is 2.78 bits per heavy atom. The molecule has 0 aromatic carbocycles. The van der Waals surface area contributed by atoms with Crippen LogP contribution in [-0.2, 0) is 9.59 Å². The third kappa shape index (κ3) is 3.59. The SMILES string of the molecule is O=C(O)CN1C(=O)/C(=C\c2ccc(N3CCCCC3)o2)SC1=S. The molecule has 2 saturated heterocycles. The maximum absolute atomic E-state index is 12.2. The van der Waals surface area contributed by atoms with Crippen LogP contribution >= 0.6 is 24.0 Å². The van der Waals surface area contributed by atoms with Crippen molar-refractivity contribution in [3.05, 3.63) is 22.8 Å². The van der Waals surface area contributed by atoms with Crippen molar-refractivity contribution in [3.63, 3.8) is 0 Å². The molecule has 1 aromatic rings. The summed E-state index contributed by atoms with van der Waals surface area (Å²) in [6.45, 7) is 1.54. The Labute approximate surface area is 143 Å². The van der Waals surface area contributed by atoms with E-state index in [9.17, 15) is 9.59 Å². The van der Waals surface area contributed by atoms with Crippen LogP contribution in [0.1, 0.15) is 25.0 Å². The van der Waals surface area contributed by atoms with Crippen molar-refractivity contribution in [1.29, 1.82) is 0 Å². The van der Waals surface area contributed by atoms with Gasteiger partial charge < -0.3 is 14.4 Å². The Hall–Kier alpha value is -1.80. The summed E-state index contributed by atoms with van der Waals surface area (Å²) in [5.41, 5.74) is 0. The Morgan fingerprint density at radius 2 is 2.09 bits per heavy atom. The lowest BCUT2D eigenvalue weighted by Gasteiger charge is -2.25. The molecule has 0 bridgehead atoms. The molecule has 1 amide bonds. The fourth-order valence-electron chi connectivity index (χ4n) is 2.60. The highest BCUT2D eigenvalue weighted by Crippen LogP contribution is 2.33. The second-order valence-corrected chi connectivity index (χ2v) is 7.06. The van der Waals surface area contributed by atoms with Gasteiger partial charge in [-0.3, -0.25) is 14.5 Å². The number of amides is 1. The minimum absolute atomic E-state index is 0.256. The number of hydrogen-bond donors (Lipinski definition) is 1. The average molecular weight is 352 g/mol. The van der Waals surface area contributed by atoms with Crippen molar-refractivity contribution >= 4 is 52.1 Å². The van der Waals surface area contributed by atoms with Crippen LogP contribution in [0.25, 0.3) is 6.08 Å². The quantitative estimate of drug-likeness (QED) is 0.659. The summed E-state index contributed by atoms with van der Waals surface area (Å²) in [6, 6.07) is 3.71. The number of nitrogens with zero attached hydrogens (tertiary/aromatic N) is 2. The molecule has 122 valence electrons. The first kappa shape index (κ1) is 16.1. The largest absolute Gasteiger partial charge is 0.480 e. The second-order valence-electron chi connectivity index (χ2n) is 5.39. The number of carboxylic acid groups (broad SMARTS) is 1. The number of carbonyl (C=O) groups excluding carboxylic acids is 1. The minimum atomic E-state index is -1.09. The van der Waals surface area contributed by atoms with Crippen LogP contribution in [0.4, 0.5) is 5.88 Å². The number of piperidine rings is 1. The highest BCUT2D eigenvalue weighted by Gasteiger charge is 2.33. The number of hydrogen-bond acceptors (Lipinski definition) is 6. The Kier molecular flexibility index (Phi) is 4.72. The van der Waals surface area contributed by atoms with Crippen molar-refractivity contribution < 1.29 is 19.1 Å². The fraction of sp³-hybridized carbons (Fsp3) is 0.400. The second kappa shape index (κ2) is 6.76. The van der Waals surface area contributed by atoms with Crippen LogP contribution in [0.5, 0.6) is 0 Å². The molecule has 3 heterocycles. The molecular weight excluding hydrogens is 336 g/mol. The highest BCUT2D eigenvalue weighted by atomic mass is 32.2. The molecule has 8 heteroatoms. The Balaban J connectivity index is 1.74. The molecule has 3 rings (SSSR count). The van der Waals surface area contributed by atoms with E-state index in [-0.39, 0.29) is 4.32 Å². The van der Waals surface area contributed by atoms with E-state index in [4.69, 9.17) is 21.7 Å². The van der Waals surface area contributed by atoms with E-state index < -0.39 is 18.4 Å². The average Bonchev–Trinajstić information content (AvgIpc) is 3.09. The van der Waals surface area contributed by atoms with Crippen molar-refractivity contribution in [2.45, 2.75) is 19.3 Å². The van der Waals surface area contributed by atoms with Gasteiger partial charge in [0.15, 0.2) is 5.88 Å². The summed E-state index contributed by atoms with van der Waals surface area (Å²) in [5, 5.41) is 8.83. The normalized spacial score (nSPS) is 20.6. The van der Waals surface area contributed by atoms with Crippen LogP contribution in [-0.4, -0.2) is 45.8 Å². The van der Waals surface area contributed by atoms with Crippen molar-refractivity contribution in [1.82, 2.24) is 4.90 Å². The zero-order valence-electron chi connectivity index (χ0n) is 12.4. The molecule has 6 nitrogen and oxygen atoms in total. The molecule has 0 radical (unpaired) electrons. The Bertz CT molecular complexity index is 677. The third-order valence-electron chi connectivity index (χ3n) is 3.72. The molecule has 2 aliphatic rings. The predicted octanol–water partition coefficient (Wildman–Crippen LogP) is 2.56. The van der Waals surface area contributed by atoms with Crippen LogP contribution in [0.3, 0.4) is 0 Å². The van der Waals surface area contributed by atoms with E-state index in [0.29, 0.717) is 10.7 Å². The van der Waals surface area contributed by atoms with Gasteiger partial charge in [-0.05, 0) is 25.3 Å². The van der Waals surface area contributed by atoms with E-state index in [0.717, 1.165) is 48.5 Å². The summed E-state index contributed by atoms with van der Waals surface area (Å²) < 4.78 is 6.05. The van der Waals surface area contributed by atoms with Gasteiger partial charge in [0.05, 0.1) is 4.91 Å². The molecule has 2 fully saturated rings. The lowest BCUT2D eigenvalue weighted by atomic mass is 10.1. The van der Waals surface area contributed by atoms with E-state index in [1.165, 1.54) is 6.42 Å². The van der Waals surface area contributed by atoms with Gasteiger partial charge in [-0.15, -0.1) is 0 Å². The first-order valence-corrected chi connectivity index (χ1v) is 8.59. The van der Waals surface area contributed by atoms with E-state index in [1.54, 1.807) is 6.08 Å². The summed E-state index contributed by atoms with van der Waals surface area (Å²) in [5.74, 6) is -0.107. The number of thioether (sulfide) groups is 1. The maximum atomic E-state index is 12.2. The number of rotatable bonds is 4. The van der Waals surface area contributed by atoms with Gasteiger partial charge >= 0.3 is 5.97 Å². The van der Waals surface area contributed by atoms with E-state index in [1.807, 2.05) is 12.1 Å². The van der Waals surface area contributed by atoms with Gasteiger partial charge in [0.25, 0.3) is 5.91 Å². The lowest BCUT2D eigenvalue weighted by molar-refractivity contribution is -0.140. The highest BCUT2D eigenvalue weighted by molar-refractivity contribution is 8.26. The van der Waals surface area contributed by atoms with Gasteiger partial charge in [0.2, 0.25) is 0 Å². The molecular formula is C15H16N2O4S2. The molecule has 0 aliphatic carbocycles. The number of anilines is 1.